The molecule has 0 fully saturated rings. The molecular weight excluding hydrogens is 276 g/mol. The van der Waals surface area contributed by atoms with Crippen LogP contribution < -0.4 is 15.2 Å². The number of rotatable bonds is 4. The molecule has 108 valence electrons. The van der Waals surface area contributed by atoms with Crippen molar-refractivity contribution >= 4 is 6.01 Å². The Morgan fingerprint density at radius 2 is 1.86 bits per heavy atom. The summed E-state index contributed by atoms with van der Waals surface area (Å²) in [6.45, 7) is 0. The van der Waals surface area contributed by atoms with Gasteiger partial charge in [0, 0.05) is 11.6 Å². The van der Waals surface area contributed by atoms with Crippen LogP contribution in [0.15, 0.2) is 33.2 Å². The van der Waals surface area contributed by atoms with E-state index in [1.807, 2.05) is 6.07 Å². The molecule has 0 saturated carbocycles. The maximum absolute atomic E-state index is 5.37. The zero-order valence-corrected chi connectivity index (χ0v) is 11.4. The maximum Gasteiger partial charge on any atom is 0.313 e. The molecule has 0 aliphatic heterocycles. The summed E-state index contributed by atoms with van der Waals surface area (Å²) in [6, 6.07) is 7.04. The second-order valence-corrected chi connectivity index (χ2v) is 4.09. The minimum absolute atomic E-state index is 0.0272. The number of aromatic nitrogens is 3. The molecule has 0 saturated heterocycles. The van der Waals surface area contributed by atoms with Gasteiger partial charge in [0.1, 0.15) is 0 Å². The van der Waals surface area contributed by atoms with Gasteiger partial charge in [-0.3, -0.25) is 0 Å². The molecule has 0 aliphatic carbocycles. The second-order valence-electron chi connectivity index (χ2n) is 4.09. The van der Waals surface area contributed by atoms with Gasteiger partial charge in [0.15, 0.2) is 23.0 Å². The number of nitrogens with two attached hydrogens (primary N) is 1. The lowest BCUT2D eigenvalue weighted by Crippen LogP contribution is -1.90. The van der Waals surface area contributed by atoms with Gasteiger partial charge in [0.2, 0.25) is 0 Å². The SMILES string of the molecule is COc1ccc(-c2cc(-c3nnc(N)o3)no2)cc1OC. The van der Waals surface area contributed by atoms with Gasteiger partial charge in [0.25, 0.3) is 5.89 Å². The maximum atomic E-state index is 5.37. The monoisotopic (exact) mass is 288 g/mol. The predicted octanol–water partition coefficient (Wildman–Crippen LogP) is 1.99. The van der Waals surface area contributed by atoms with Crippen LogP contribution in [-0.4, -0.2) is 29.6 Å². The summed E-state index contributed by atoms with van der Waals surface area (Å²) >= 11 is 0. The molecule has 3 rings (SSSR count). The lowest BCUT2D eigenvalue weighted by Gasteiger charge is -2.07. The average molecular weight is 288 g/mol. The van der Waals surface area contributed by atoms with Crippen LogP contribution in [0.4, 0.5) is 6.01 Å². The van der Waals surface area contributed by atoms with E-state index in [0.717, 1.165) is 5.56 Å². The van der Waals surface area contributed by atoms with Crippen LogP contribution in [-0.2, 0) is 0 Å². The number of methoxy groups -OCH3 is 2. The van der Waals surface area contributed by atoms with Crippen LogP contribution in [0.5, 0.6) is 11.5 Å². The third kappa shape index (κ3) is 2.38. The van der Waals surface area contributed by atoms with Gasteiger partial charge in [-0.1, -0.05) is 10.3 Å². The topological polar surface area (TPSA) is 109 Å². The molecule has 0 amide bonds. The summed E-state index contributed by atoms with van der Waals surface area (Å²) in [4.78, 5) is 0. The first-order valence-corrected chi connectivity index (χ1v) is 5.99. The first-order chi connectivity index (χ1) is 10.2. The fraction of sp³-hybridized carbons (Fsp3) is 0.154. The van der Waals surface area contributed by atoms with Crippen molar-refractivity contribution in [2.75, 3.05) is 20.0 Å². The summed E-state index contributed by atoms with van der Waals surface area (Å²) < 4.78 is 20.8. The van der Waals surface area contributed by atoms with Crippen LogP contribution in [0.1, 0.15) is 0 Å². The summed E-state index contributed by atoms with van der Waals surface area (Å²) in [7, 11) is 3.14. The van der Waals surface area contributed by atoms with Crippen LogP contribution in [0.2, 0.25) is 0 Å². The van der Waals surface area contributed by atoms with Crippen molar-refractivity contribution in [2.45, 2.75) is 0 Å². The lowest BCUT2D eigenvalue weighted by molar-refractivity contribution is 0.355. The Bertz CT molecular complexity index is 765. The summed E-state index contributed by atoms with van der Waals surface area (Å²) in [6.07, 6.45) is 0. The number of hydrogen-bond donors (Lipinski definition) is 1. The average Bonchev–Trinajstić information content (AvgIpc) is 3.15. The van der Waals surface area contributed by atoms with E-state index in [-0.39, 0.29) is 11.9 Å². The van der Waals surface area contributed by atoms with Crippen molar-refractivity contribution in [3.63, 3.8) is 0 Å². The third-order valence-corrected chi connectivity index (χ3v) is 2.84. The molecule has 0 atom stereocenters. The number of nitrogen functional groups attached to an aromatic ring is 1. The number of benzene rings is 1. The van der Waals surface area contributed by atoms with Crippen molar-refractivity contribution in [1.29, 1.82) is 0 Å². The van der Waals surface area contributed by atoms with Crippen molar-refractivity contribution in [1.82, 2.24) is 15.4 Å². The van der Waals surface area contributed by atoms with Gasteiger partial charge in [-0.25, -0.2) is 0 Å². The lowest BCUT2D eigenvalue weighted by atomic mass is 10.1. The van der Waals surface area contributed by atoms with Gasteiger partial charge in [0.05, 0.1) is 14.2 Å². The van der Waals surface area contributed by atoms with Crippen molar-refractivity contribution in [3.05, 3.63) is 24.3 Å². The normalized spacial score (nSPS) is 10.6. The highest BCUT2D eigenvalue weighted by Gasteiger charge is 2.15. The Hall–Kier alpha value is -3.03. The summed E-state index contributed by atoms with van der Waals surface area (Å²) in [5.41, 5.74) is 6.56. The Morgan fingerprint density at radius 3 is 2.52 bits per heavy atom. The zero-order valence-electron chi connectivity index (χ0n) is 11.4. The van der Waals surface area contributed by atoms with E-state index in [2.05, 4.69) is 15.4 Å². The molecule has 8 nitrogen and oxygen atoms in total. The quantitative estimate of drug-likeness (QED) is 0.776. The molecule has 0 unspecified atom stereocenters. The number of nitrogens with zero attached hydrogens (tertiary/aromatic N) is 3. The van der Waals surface area contributed by atoms with Crippen LogP contribution in [0, 0.1) is 0 Å². The molecule has 21 heavy (non-hydrogen) atoms. The van der Waals surface area contributed by atoms with Gasteiger partial charge < -0.3 is 24.1 Å². The van der Waals surface area contributed by atoms with E-state index in [1.165, 1.54) is 0 Å². The molecule has 1 aromatic carbocycles. The molecule has 0 bridgehead atoms. The van der Waals surface area contributed by atoms with Gasteiger partial charge in [-0.2, -0.15) is 0 Å². The standard InChI is InChI=1S/C13H12N4O4/c1-18-9-4-3-7(5-11(9)19-2)10-6-8(17-21-10)12-15-16-13(14)20-12/h3-6H,1-2H3,(H2,14,16). The highest BCUT2D eigenvalue weighted by molar-refractivity contribution is 5.66. The second kappa shape index (κ2) is 5.16. The fourth-order valence-corrected chi connectivity index (χ4v) is 1.84. The summed E-state index contributed by atoms with van der Waals surface area (Å²) in [5, 5.41) is 11.2. The van der Waals surface area contributed by atoms with Gasteiger partial charge in [-0.05, 0) is 18.2 Å². The molecule has 0 spiro atoms. The van der Waals surface area contributed by atoms with Gasteiger partial charge >= 0.3 is 6.01 Å². The Labute approximate surface area is 119 Å². The van der Waals surface area contributed by atoms with Crippen LogP contribution in [0.25, 0.3) is 22.9 Å². The van der Waals surface area contributed by atoms with Crippen molar-refractivity contribution < 1.29 is 18.4 Å². The highest BCUT2D eigenvalue weighted by Crippen LogP contribution is 2.33. The Balaban J connectivity index is 1.96. The van der Waals surface area contributed by atoms with Gasteiger partial charge in [-0.15, -0.1) is 5.10 Å². The molecule has 2 N–H and O–H groups in total. The van der Waals surface area contributed by atoms with E-state index in [0.29, 0.717) is 23.0 Å². The third-order valence-electron chi connectivity index (χ3n) is 2.84. The number of ether oxygens (including phenoxy) is 2. The highest BCUT2D eigenvalue weighted by atomic mass is 16.5. The van der Waals surface area contributed by atoms with E-state index in [9.17, 15) is 0 Å². The molecule has 3 aromatic rings. The van der Waals surface area contributed by atoms with E-state index in [4.69, 9.17) is 24.1 Å². The zero-order chi connectivity index (χ0) is 14.8. The fourth-order valence-electron chi connectivity index (χ4n) is 1.84. The number of anilines is 1. The van der Waals surface area contributed by atoms with Crippen LogP contribution >= 0.6 is 0 Å². The predicted molar refractivity (Wildman–Crippen MR) is 72.7 cm³/mol. The first-order valence-electron chi connectivity index (χ1n) is 5.99. The number of hydrogen-bond acceptors (Lipinski definition) is 8. The van der Waals surface area contributed by atoms with E-state index >= 15 is 0 Å². The van der Waals surface area contributed by atoms with Crippen molar-refractivity contribution in [2.24, 2.45) is 0 Å². The molecule has 8 heteroatoms. The minimum atomic E-state index is -0.0272. The smallest absolute Gasteiger partial charge is 0.313 e. The van der Waals surface area contributed by atoms with Crippen molar-refractivity contribution in [3.8, 4) is 34.4 Å². The molecule has 2 heterocycles. The Kier molecular flexibility index (Phi) is 3.19. The largest absolute Gasteiger partial charge is 0.493 e. The summed E-state index contributed by atoms with van der Waals surface area (Å²) in [5.74, 6) is 1.95. The van der Waals surface area contributed by atoms with E-state index < -0.39 is 0 Å². The first kappa shape index (κ1) is 13.0. The van der Waals surface area contributed by atoms with E-state index in [1.54, 1.807) is 32.4 Å². The molecular formula is C13H12N4O4. The van der Waals surface area contributed by atoms with Crippen LogP contribution in [0.3, 0.4) is 0 Å². The minimum Gasteiger partial charge on any atom is -0.493 e. The Morgan fingerprint density at radius 1 is 1.05 bits per heavy atom. The molecule has 0 radical (unpaired) electrons. The molecule has 0 aliphatic rings. The molecule has 2 aromatic heterocycles.